The molecule has 2 aromatic heterocycles. The lowest BCUT2D eigenvalue weighted by molar-refractivity contribution is -0.274. The van der Waals surface area contributed by atoms with E-state index in [1.807, 2.05) is 0 Å². The number of pyridine rings is 1. The Labute approximate surface area is 171 Å². The Morgan fingerprint density at radius 2 is 1.83 bits per heavy atom. The van der Waals surface area contributed by atoms with E-state index in [2.05, 4.69) is 30.3 Å². The van der Waals surface area contributed by atoms with Gasteiger partial charge in [0.1, 0.15) is 11.6 Å². The SMILES string of the molecule is Cc1cc(OC(F)(F)F)ccc1Nc1cc(-c2ccncc2)nc(N[C@H](C)CO)n1. The molecule has 0 aliphatic rings. The number of rotatable bonds is 7. The highest BCUT2D eigenvalue weighted by molar-refractivity contribution is 5.68. The van der Waals surface area contributed by atoms with Crippen molar-refractivity contribution in [2.24, 2.45) is 0 Å². The summed E-state index contributed by atoms with van der Waals surface area (Å²) < 4.78 is 41.2. The predicted octanol–water partition coefficient (Wildman–Crippen LogP) is 4.28. The van der Waals surface area contributed by atoms with Gasteiger partial charge in [0.15, 0.2) is 0 Å². The number of nitrogens with one attached hydrogen (secondary N) is 2. The zero-order chi connectivity index (χ0) is 21.7. The molecule has 30 heavy (non-hydrogen) atoms. The molecule has 3 N–H and O–H groups in total. The molecule has 1 atom stereocenters. The first-order valence-electron chi connectivity index (χ1n) is 9.04. The molecule has 0 saturated carbocycles. The van der Waals surface area contributed by atoms with Crippen LogP contribution in [-0.4, -0.2) is 39.1 Å². The van der Waals surface area contributed by atoms with Crippen LogP contribution in [0, 0.1) is 6.92 Å². The summed E-state index contributed by atoms with van der Waals surface area (Å²) in [5.41, 5.74) is 2.52. The number of aryl methyl sites for hydroxylation is 1. The smallest absolute Gasteiger partial charge is 0.406 e. The van der Waals surface area contributed by atoms with Crippen molar-refractivity contribution in [3.8, 4) is 17.0 Å². The number of aliphatic hydroxyl groups is 1. The third-order valence-corrected chi connectivity index (χ3v) is 4.05. The van der Waals surface area contributed by atoms with Gasteiger partial charge in [0.2, 0.25) is 5.95 Å². The fourth-order valence-electron chi connectivity index (χ4n) is 2.62. The molecule has 2 heterocycles. The number of nitrogens with zero attached hydrogens (tertiary/aromatic N) is 3. The van der Waals surface area contributed by atoms with E-state index in [9.17, 15) is 18.3 Å². The molecule has 3 aromatic rings. The molecular weight excluding hydrogens is 399 g/mol. The van der Waals surface area contributed by atoms with Crippen LogP contribution in [0.5, 0.6) is 5.75 Å². The summed E-state index contributed by atoms with van der Waals surface area (Å²) in [6.07, 6.45) is -1.48. The molecule has 0 saturated heterocycles. The zero-order valence-electron chi connectivity index (χ0n) is 16.2. The van der Waals surface area contributed by atoms with Crippen LogP contribution in [0.15, 0.2) is 48.8 Å². The summed E-state index contributed by atoms with van der Waals surface area (Å²) in [6, 6.07) is 9.01. The highest BCUT2D eigenvalue weighted by atomic mass is 19.4. The van der Waals surface area contributed by atoms with Crippen molar-refractivity contribution in [3.63, 3.8) is 0 Å². The fourth-order valence-corrected chi connectivity index (χ4v) is 2.62. The van der Waals surface area contributed by atoms with Gasteiger partial charge in [-0.1, -0.05) is 0 Å². The average molecular weight is 419 g/mol. The number of alkyl halides is 3. The van der Waals surface area contributed by atoms with E-state index < -0.39 is 6.36 Å². The van der Waals surface area contributed by atoms with Gasteiger partial charge in [0.05, 0.1) is 12.3 Å². The molecule has 0 fully saturated rings. The summed E-state index contributed by atoms with van der Waals surface area (Å²) in [4.78, 5) is 12.8. The van der Waals surface area contributed by atoms with Crippen molar-refractivity contribution in [1.82, 2.24) is 15.0 Å². The number of ether oxygens (including phenoxy) is 1. The lowest BCUT2D eigenvalue weighted by atomic mass is 10.1. The zero-order valence-corrected chi connectivity index (χ0v) is 16.2. The normalized spacial score (nSPS) is 12.3. The molecular formula is C20H20F3N5O2. The summed E-state index contributed by atoms with van der Waals surface area (Å²) in [7, 11) is 0. The molecule has 10 heteroatoms. The van der Waals surface area contributed by atoms with Crippen LogP contribution in [0.3, 0.4) is 0 Å². The van der Waals surface area contributed by atoms with Crippen molar-refractivity contribution in [1.29, 1.82) is 0 Å². The van der Waals surface area contributed by atoms with Crippen molar-refractivity contribution >= 4 is 17.5 Å². The van der Waals surface area contributed by atoms with E-state index >= 15 is 0 Å². The van der Waals surface area contributed by atoms with Gasteiger partial charge < -0.3 is 20.5 Å². The quantitative estimate of drug-likeness (QED) is 0.526. The highest BCUT2D eigenvalue weighted by Gasteiger charge is 2.31. The maximum atomic E-state index is 12.4. The molecule has 7 nitrogen and oxygen atoms in total. The summed E-state index contributed by atoms with van der Waals surface area (Å²) >= 11 is 0. The minimum absolute atomic E-state index is 0.106. The van der Waals surface area contributed by atoms with Crippen LogP contribution >= 0.6 is 0 Å². The van der Waals surface area contributed by atoms with E-state index in [-0.39, 0.29) is 18.4 Å². The van der Waals surface area contributed by atoms with Crippen molar-refractivity contribution in [2.75, 3.05) is 17.2 Å². The highest BCUT2D eigenvalue weighted by Crippen LogP contribution is 2.29. The number of aromatic nitrogens is 3. The number of benzene rings is 1. The van der Waals surface area contributed by atoms with Crippen LogP contribution in [0.25, 0.3) is 11.3 Å². The molecule has 0 aliphatic carbocycles. The molecule has 158 valence electrons. The summed E-state index contributed by atoms with van der Waals surface area (Å²) in [6.45, 7) is 3.33. The Bertz CT molecular complexity index is 999. The van der Waals surface area contributed by atoms with E-state index in [4.69, 9.17) is 0 Å². The van der Waals surface area contributed by atoms with Gasteiger partial charge in [-0.05, 0) is 49.7 Å². The Morgan fingerprint density at radius 1 is 1.10 bits per heavy atom. The van der Waals surface area contributed by atoms with Crippen LogP contribution in [0.4, 0.5) is 30.6 Å². The molecule has 0 bridgehead atoms. The number of halogens is 3. The Morgan fingerprint density at radius 3 is 2.47 bits per heavy atom. The Hall–Kier alpha value is -3.40. The molecule has 1 aromatic carbocycles. The molecule has 0 radical (unpaired) electrons. The second kappa shape index (κ2) is 8.95. The second-order valence-electron chi connectivity index (χ2n) is 6.58. The molecule has 0 spiro atoms. The largest absolute Gasteiger partial charge is 0.573 e. The van der Waals surface area contributed by atoms with E-state index in [0.29, 0.717) is 28.7 Å². The van der Waals surface area contributed by atoms with Crippen molar-refractivity contribution < 1.29 is 23.0 Å². The molecule has 0 aliphatic heterocycles. The molecule has 0 unspecified atom stereocenters. The summed E-state index contributed by atoms with van der Waals surface area (Å²) in [5, 5.41) is 15.4. The molecule has 0 amide bonds. The maximum Gasteiger partial charge on any atom is 0.573 e. The van der Waals surface area contributed by atoms with E-state index in [1.165, 1.54) is 18.2 Å². The number of anilines is 3. The van der Waals surface area contributed by atoms with Gasteiger partial charge in [-0.3, -0.25) is 4.98 Å². The van der Waals surface area contributed by atoms with Gasteiger partial charge in [-0.2, -0.15) is 4.98 Å². The monoisotopic (exact) mass is 419 g/mol. The van der Waals surface area contributed by atoms with Crippen LogP contribution < -0.4 is 15.4 Å². The van der Waals surface area contributed by atoms with Gasteiger partial charge in [-0.15, -0.1) is 13.2 Å². The summed E-state index contributed by atoms with van der Waals surface area (Å²) in [5.74, 6) is 0.421. The Balaban J connectivity index is 1.92. The van der Waals surface area contributed by atoms with Gasteiger partial charge in [0.25, 0.3) is 0 Å². The van der Waals surface area contributed by atoms with Crippen molar-refractivity contribution in [2.45, 2.75) is 26.3 Å². The standard InChI is InChI=1S/C20H20F3N5O2/c1-12-9-15(30-20(21,22)23)3-4-16(12)26-18-10-17(14-5-7-24-8-6-14)27-19(28-18)25-13(2)11-29/h3-10,13,29H,11H2,1-2H3,(H2,25,26,27,28)/t13-/m1/s1. The topological polar surface area (TPSA) is 92.2 Å². The average Bonchev–Trinajstić information content (AvgIpc) is 2.69. The Kier molecular flexibility index (Phi) is 6.36. The minimum Gasteiger partial charge on any atom is -0.406 e. The third kappa shape index (κ3) is 5.80. The lowest BCUT2D eigenvalue weighted by Crippen LogP contribution is -2.21. The lowest BCUT2D eigenvalue weighted by Gasteiger charge is -2.16. The van der Waals surface area contributed by atoms with E-state index in [1.54, 1.807) is 44.4 Å². The number of aliphatic hydroxyl groups excluding tert-OH is 1. The predicted molar refractivity (Wildman–Crippen MR) is 107 cm³/mol. The van der Waals surface area contributed by atoms with Crippen LogP contribution in [0.1, 0.15) is 12.5 Å². The number of hydrogen-bond donors (Lipinski definition) is 3. The number of hydrogen-bond acceptors (Lipinski definition) is 7. The first kappa shape index (κ1) is 21.3. The maximum absolute atomic E-state index is 12.4. The fraction of sp³-hybridized carbons (Fsp3) is 0.250. The van der Waals surface area contributed by atoms with Crippen molar-refractivity contribution in [3.05, 3.63) is 54.4 Å². The molecule has 3 rings (SSSR count). The van der Waals surface area contributed by atoms with E-state index in [0.717, 1.165) is 5.56 Å². The van der Waals surface area contributed by atoms with Crippen LogP contribution in [0.2, 0.25) is 0 Å². The third-order valence-electron chi connectivity index (χ3n) is 4.05. The second-order valence-corrected chi connectivity index (χ2v) is 6.58. The van der Waals surface area contributed by atoms with Gasteiger partial charge in [-0.25, -0.2) is 4.98 Å². The van der Waals surface area contributed by atoms with Gasteiger partial charge >= 0.3 is 6.36 Å². The van der Waals surface area contributed by atoms with Crippen LogP contribution in [-0.2, 0) is 0 Å². The first-order valence-corrected chi connectivity index (χ1v) is 9.04. The minimum atomic E-state index is -4.75. The van der Waals surface area contributed by atoms with Gasteiger partial charge in [0, 0.05) is 35.8 Å². The first-order chi connectivity index (χ1) is 14.2.